The summed E-state index contributed by atoms with van der Waals surface area (Å²) in [5.41, 5.74) is 0. The summed E-state index contributed by atoms with van der Waals surface area (Å²) >= 11 is 0. The summed E-state index contributed by atoms with van der Waals surface area (Å²) < 4.78 is 10.5. The van der Waals surface area contributed by atoms with Gasteiger partial charge in [-0.15, -0.1) is 12.3 Å². The Balaban J connectivity index is 2.09. The van der Waals surface area contributed by atoms with E-state index in [-0.39, 0.29) is 12.6 Å². The molecular formula is C14H21NO3. The first kappa shape index (κ1) is 14.8. The Bertz CT molecular complexity index is 342. The summed E-state index contributed by atoms with van der Waals surface area (Å²) in [6.07, 6.45) is 7.95. The van der Waals surface area contributed by atoms with E-state index >= 15 is 0 Å². The van der Waals surface area contributed by atoms with Crippen LogP contribution < -0.4 is 5.32 Å². The minimum atomic E-state index is -0.535. The molecule has 0 fully saturated rings. The van der Waals surface area contributed by atoms with Gasteiger partial charge in [-0.1, -0.05) is 6.92 Å². The van der Waals surface area contributed by atoms with Crippen LogP contribution in [0.15, 0.2) is 22.8 Å². The molecule has 0 spiro atoms. The maximum absolute atomic E-state index is 9.72. The fraction of sp³-hybridized carbons (Fsp3) is 0.571. The fourth-order valence-electron chi connectivity index (χ4n) is 1.55. The second-order valence-corrected chi connectivity index (χ2v) is 4.17. The predicted octanol–water partition coefficient (Wildman–Crippen LogP) is 1.55. The van der Waals surface area contributed by atoms with Crippen molar-refractivity contribution in [2.75, 3.05) is 13.2 Å². The van der Waals surface area contributed by atoms with Crippen molar-refractivity contribution in [3.05, 3.63) is 24.2 Å². The van der Waals surface area contributed by atoms with Gasteiger partial charge in [0, 0.05) is 19.0 Å². The van der Waals surface area contributed by atoms with Crippen LogP contribution in [0.4, 0.5) is 0 Å². The van der Waals surface area contributed by atoms with Gasteiger partial charge >= 0.3 is 0 Å². The van der Waals surface area contributed by atoms with Crippen LogP contribution in [0, 0.1) is 12.3 Å². The largest absolute Gasteiger partial charge is 0.467 e. The van der Waals surface area contributed by atoms with Crippen LogP contribution in [0.2, 0.25) is 0 Å². The van der Waals surface area contributed by atoms with Gasteiger partial charge in [0.1, 0.15) is 12.4 Å². The molecule has 18 heavy (non-hydrogen) atoms. The third-order valence-electron chi connectivity index (χ3n) is 2.63. The highest BCUT2D eigenvalue weighted by molar-refractivity contribution is 4.96. The molecule has 0 radical (unpaired) electrons. The van der Waals surface area contributed by atoms with Crippen LogP contribution in [0.25, 0.3) is 0 Å². The molecule has 1 aromatic rings. The number of hydrogen-bond acceptors (Lipinski definition) is 4. The summed E-state index contributed by atoms with van der Waals surface area (Å²) in [6.45, 7) is 3.21. The van der Waals surface area contributed by atoms with Crippen molar-refractivity contribution < 1.29 is 14.3 Å². The molecule has 4 heteroatoms. The van der Waals surface area contributed by atoms with Gasteiger partial charge in [0.15, 0.2) is 0 Å². The van der Waals surface area contributed by atoms with Gasteiger partial charge < -0.3 is 19.6 Å². The number of aliphatic hydroxyl groups is 1. The van der Waals surface area contributed by atoms with Gasteiger partial charge in [-0.05, 0) is 18.6 Å². The molecule has 0 aromatic carbocycles. The van der Waals surface area contributed by atoms with Crippen LogP contribution in [-0.2, 0) is 11.3 Å². The first-order chi connectivity index (χ1) is 8.76. The summed E-state index contributed by atoms with van der Waals surface area (Å²) in [6, 6.07) is 3.90. The fourth-order valence-corrected chi connectivity index (χ4v) is 1.55. The predicted molar refractivity (Wildman–Crippen MR) is 69.9 cm³/mol. The Labute approximate surface area is 108 Å². The number of nitrogens with one attached hydrogen (secondary N) is 1. The van der Waals surface area contributed by atoms with Crippen molar-refractivity contribution in [2.45, 2.75) is 38.5 Å². The summed E-state index contributed by atoms with van der Waals surface area (Å²) in [4.78, 5) is 0. The zero-order valence-electron chi connectivity index (χ0n) is 10.8. The van der Waals surface area contributed by atoms with Crippen molar-refractivity contribution in [3.63, 3.8) is 0 Å². The standard InChI is InChI=1S/C14H21NO3/c1-3-6-12(4-2)15-9-13(16)10-17-11-14-7-5-8-18-14/h1,5,7-8,12-13,15-16H,4,6,9-11H2,2H3. The lowest BCUT2D eigenvalue weighted by atomic mass is 10.1. The number of aliphatic hydroxyl groups excluding tert-OH is 1. The molecule has 1 heterocycles. The molecule has 0 saturated heterocycles. The number of terminal acetylenes is 1. The SMILES string of the molecule is C#CCC(CC)NCC(O)COCc1ccco1. The van der Waals surface area contributed by atoms with Crippen LogP contribution in [0.5, 0.6) is 0 Å². The third kappa shape index (κ3) is 5.87. The Kier molecular flexibility index (Phi) is 7.19. The molecule has 2 atom stereocenters. The second kappa shape index (κ2) is 8.76. The zero-order valence-corrected chi connectivity index (χ0v) is 10.8. The minimum Gasteiger partial charge on any atom is -0.467 e. The summed E-state index contributed by atoms with van der Waals surface area (Å²) in [5.74, 6) is 3.37. The lowest BCUT2D eigenvalue weighted by molar-refractivity contribution is 0.0215. The molecule has 4 nitrogen and oxygen atoms in total. The molecule has 0 aliphatic rings. The molecule has 0 aliphatic carbocycles. The van der Waals surface area contributed by atoms with Crippen molar-refractivity contribution in [1.29, 1.82) is 0 Å². The highest BCUT2D eigenvalue weighted by Crippen LogP contribution is 2.02. The molecule has 0 saturated carbocycles. The Morgan fingerprint density at radius 1 is 1.61 bits per heavy atom. The molecule has 2 unspecified atom stereocenters. The van der Waals surface area contributed by atoms with Crippen molar-refractivity contribution in [1.82, 2.24) is 5.32 Å². The van der Waals surface area contributed by atoms with E-state index < -0.39 is 6.10 Å². The monoisotopic (exact) mass is 251 g/mol. The van der Waals surface area contributed by atoms with Gasteiger partial charge in [0.05, 0.1) is 19.0 Å². The Morgan fingerprint density at radius 3 is 3.06 bits per heavy atom. The van der Waals surface area contributed by atoms with E-state index in [4.69, 9.17) is 15.6 Å². The molecule has 0 aliphatic heterocycles. The maximum atomic E-state index is 9.72. The molecule has 0 bridgehead atoms. The van der Waals surface area contributed by atoms with E-state index in [9.17, 15) is 5.11 Å². The molecule has 100 valence electrons. The van der Waals surface area contributed by atoms with Crippen molar-refractivity contribution in [3.8, 4) is 12.3 Å². The highest BCUT2D eigenvalue weighted by Gasteiger charge is 2.09. The molecule has 2 N–H and O–H groups in total. The quantitative estimate of drug-likeness (QED) is 0.654. The van der Waals surface area contributed by atoms with E-state index in [0.29, 0.717) is 19.6 Å². The minimum absolute atomic E-state index is 0.259. The van der Waals surface area contributed by atoms with E-state index in [2.05, 4.69) is 18.2 Å². The smallest absolute Gasteiger partial charge is 0.129 e. The van der Waals surface area contributed by atoms with Crippen LogP contribution >= 0.6 is 0 Å². The lowest BCUT2D eigenvalue weighted by Gasteiger charge is -2.17. The molecule has 0 amide bonds. The van der Waals surface area contributed by atoms with Crippen LogP contribution in [-0.4, -0.2) is 30.4 Å². The molecule has 1 aromatic heterocycles. The average Bonchev–Trinajstić information content (AvgIpc) is 2.87. The summed E-state index contributed by atoms with van der Waals surface area (Å²) in [7, 11) is 0. The number of furan rings is 1. The van der Waals surface area contributed by atoms with Crippen LogP contribution in [0.1, 0.15) is 25.5 Å². The Morgan fingerprint density at radius 2 is 2.44 bits per heavy atom. The van der Waals surface area contributed by atoms with Gasteiger partial charge in [0.2, 0.25) is 0 Å². The van der Waals surface area contributed by atoms with Crippen molar-refractivity contribution >= 4 is 0 Å². The average molecular weight is 251 g/mol. The maximum Gasteiger partial charge on any atom is 0.129 e. The van der Waals surface area contributed by atoms with E-state index in [1.54, 1.807) is 6.26 Å². The number of ether oxygens (including phenoxy) is 1. The Hall–Kier alpha value is -1.28. The number of rotatable bonds is 9. The molecule has 1 rings (SSSR count). The first-order valence-electron chi connectivity index (χ1n) is 6.21. The lowest BCUT2D eigenvalue weighted by Crippen LogP contribution is -2.37. The molecular weight excluding hydrogens is 230 g/mol. The van der Waals surface area contributed by atoms with Crippen LogP contribution in [0.3, 0.4) is 0 Å². The van der Waals surface area contributed by atoms with Gasteiger partial charge in [-0.3, -0.25) is 0 Å². The van der Waals surface area contributed by atoms with E-state index in [1.807, 2.05) is 12.1 Å². The van der Waals surface area contributed by atoms with Gasteiger partial charge in [0.25, 0.3) is 0 Å². The second-order valence-electron chi connectivity index (χ2n) is 4.17. The zero-order chi connectivity index (χ0) is 13.2. The van der Waals surface area contributed by atoms with E-state index in [1.165, 1.54) is 0 Å². The highest BCUT2D eigenvalue weighted by atomic mass is 16.5. The summed E-state index contributed by atoms with van der Waals surface area (Å²) in [5, 5.41) is 12.9. The topological polar surface area (TPSA) is 54.6 Å². The van der Waals surface area contributed by atoms with Crippen molar-refractivity contribution in [2.24, 2.45) is 0 Å². The van der Waals surface area contributed by atoms with E-state index in [0.717, 1.165) is 12.2 Å². The third-order valence-corrected chi connectivity index (χ3v) is 2.63. The van der Waals surface area contributed by atoms with Gasteiger partial charge in [-0.25, -0.2) is 0 Å². The number of hydrogen-bond donors (Lipinski definition) is 2. The normalized spacial score (nSPS) is 14.1. The first-order valence-corrected chi connectivity index (χ1v) is 6.21. The van der Waals surface area contributed by atoms with Gasteiger partial charge in [-0.2, -0.15) is 0 Å².